The Morgan fingerprint density at radius 3 is 2.89 bits per heavy atom. The number of rotatable bonds is 6. The Kier molecular flexibility index (Phi) is 5.11. The smallest absolute Gasteiger partial charge is 0.264 e. The Hall–Kier alpha value is -2.40. The van der Waals surface area contributed by atoms with Gasteiger partial charge in [0.25, 0.3) is 5.75 Å². The minimum atomic E-state index is 0.342. The second kappa shape index (κ2) is 7.55. The quantitative estimate of drug-likeness (QED) is 0.562. The summed E-state index contributed by atoms with van der Waals surface area (Å²) in [6.45, 7) is 6.41. The van der Waals surface area contributed by atoms with E-state index in [1.807, 2.05) is 18.3 Å². The van der Waals surface area contributed by atoms with Gasteiger partial charge in [-0.15, -0.1) is 0 Å². The van der Waals surface area contributed by atoms with Gasteiger partial charge in [-0.05, 0) is 69.2 Å². The van der Waals surface area contributed by atoms with Crippen LogP contribution in [-0.4, -0.2) is 46.2 Å². The van der Waals surface area contributed by atoms with E-state index in [0.717, 1.165) is 44.2 Å². The van der Waals surface area contributed by atoms with Crippen molar-refractivity contribution in [1.82, 2.24) is 14.7 Å². The number of carbonyl (C=O) groups excluding carboxylic acids is 1. The molecular formula is C23H30N3O2+. The van der Waals surface area contributed by atoms with Crippen molar-refractivity contribution in [1.29, 1.82) is 0 Å². The van der Waals surface area contributed by atoms with Crippen LogP contribution in [-0.2, 0) is 0 Å². The van der Waals surface area contributed by atoms with E-state index in [-0.39, 0.29) is 0 Å². The number of carbonyl (C=O) groups is 1. The van der Waals surface area contributed by atoms with E-state index in [0.29, 0.717) is 29.2 Å². The lowest BCUT2D eigenvalue weighted by Crippen LogP contribution is -2.28. The molecule has 2 heterocycles. The van der Waals surface area contributed by atoms with Gasteiger partial charge < -0.3 is 10.0 Å². The van der Waals surface area contributed by atoms with Gasteiger partial charge >= 0.3 is 0 Å². The third-order valence-electron chi connectivity index (χ3n) is 6.21. The number of aldehydes is 1. The third-order valence-corrected chi connectivity index (χ3v) is 6.21. The van der Waals surface area contributed by atoms with Crippen molar-refractivity contribution < 1.29 is 9.90 Å². The first-order chi connectivity index (χ1) is 13.5. The molecule has 0 spiro atoms. The molecule has 5 heteroatoms. The van der Waals surface area contributed by atoms with Crippen molar-refractivity contribution in [3.05, 3.63) is 52.9 Å². The molecule has 2 atom stereocenters. The van der Waals surface area contributed by atoms with E-state index in [4.69, 9.17) is 5.11 Å². The molecule has 2 N–H and O–H groups in total. The summed E-state index contributed by atoms with van der Waals surface area (Å²) in [6.07, 6.45) is 6.05. The zero-order valence-corrected chi connectivity index (χ0v) is 17.0. The van der Waals surface area contributed by atoms with E-state index in [1.54, 1.807) is 11.6 Å². The first-order valence-electron chi connectivity index (χ1n) is 10.2. The maximum absolute atomic E-state index is 11.5. The van der Waals surface area contributed by atoms with Crippen LogP contribution in [0.5, 0.6) is 5.75 Å². The van der Waals surface area contributed by atoms with Gasteiger partial charge in [0, 0.05) is 31.4 Å². The van der Waals surface area contributed by atoms with Crippen molar-refractivity contribution in [2.24, 2.45) is 5.92 Å². The molecule has 1 aliphatic carbocycles. The normalized spacial score (nSPS) is 22.7. The van der Waals surface area contributed by atoms with E-state index in [1.165, 1.54) is 11.3 Å². The fourth-order valence-corrected chi connectivity index (χ4v) is 4.60. The molecule has 28 heavy (non-hydrogen) atoms. The van der Waals surface area contributed by atoms with Crippen LogP contribution in [0.1, 0.15) is 66.7 Å². The van der Waals surface area contributed by atoms with Crippen LogP contribution in [0, 0.1) is 5.92 Å². The molecular weight excluding hydrogens is 350 g/mol. The summed E-state index contributed by atoms with van der Waals surface area (Å²) >= 11 is 0. The summed E-state index contributed by atoms with van der Waals surface area (Å²) in [5.74, 6) is 1.33. The molecule has 1 aromatic heterocycles. The molecule has 0 bridgehead atoms. The van der Waals surface area contributed by atoms with Gasteiger partial charge in [0.2, 0.25) is 0 Å². The molecule has 2 aliphatic rings. The standard InChI is InChI=1S/C23H29N3O2/c1-15(2)26-22(7-9-24-26)20-13-25(3)10-8-16(20)11-17-12-19(17)18-5-4-6-23(28)21(18)14-27/h4-7,9,14-15,17,19,28H,8,10-13H2,1-3H3/p+1. The molecule has 1 aromatic carbocycles. The topological polar surface area (TPSA) is 61.0 Å². The molecule has 5 nitrogen and oxygen atoms in total. The van der Waals surface area contributed by atoms with Crippen molar-refractivity contribution in [3.63, 3.8) is 0 Å². The summed E-state index contributed by atoms with van der Waals surface area (Å²) in [6, 6.07) is 8.13. The fraction of sp³-hybridized carbons (Fsp3) is 0.478. The minimum absolute atomic E-state index is 0.342. The summed E-state index contributed by atoms with van der Waals surface area (Å²) < 4.78 is 2.13. The van der Waals surface area contributed by atoms with E-state index < -0.39 is 0 Å². The minimum Gasteiger partial charge on any atom is -0.593 e. The van der Waals surface area contributed by atoms with Crippen LogP contribution in [0.25, 0.3) is 5.57 Å². The summed E-state index contributed by atoms with van der Waals surface area (Å²) in [5.41, 5.74) is 5.86. The van der Waals surface area contributed by atoms with Crippen molar-refractivity contribution in [3.8, 4) is 5.75 Å². The number of hydrogen-bond acceptors (Lipinski definition) is 3. The Morgan fingerprint density at radius 2 is 2.14 bits per heavy atom. The van der Waals surface area contributed by atoms with Crippen LogP contribution in [0.2, 0.25) is 0 Å². The Bertz CT molecular complexity index is 912. The van der Waals surface area contributed by atoms with Crippen LogP contribution in [0.15, 0.2) is 36.0 Å². The molecule has 2 aromatic rings. The average Bonchev–Trinajstić information content (AvgIpc) is 3.24. The zero-order chi connectivity index (χ0) is 19.8. The Balaban J connectivity index is 1.60. The van der Waals surface area contributed by atoms with Crippen molar-refractivity contribution in [2.75, 3.05) is 20.1 Å². The highest BCUT2D eigenvalue weighted by atomic mass is 16.3. The lowest BCUT2D eigenvalue weighted by atomic mass is 9.91. The number of hydrogen-bond donors (Lipinski definition) is 0. The molecule has 148 valence electrons. The molecule has 1 saturated carbocycles. The van der Waals surface area contributed by atoms with Gasteiger partial charge in [0.15, 0.2) is 6.29 Å². The summed E-state index contributed by atoms with van der Waals surface area (Å²) in [4.78, 5) is 13.9. The average molecular weight is 381 g/mol. The Labute approximate surface area is 166 Å². The van der Waals surface area contributed by atoms with Gasteiger partial charge in [0.1, 0.15) is 5.56 Å². The molecule has 1 aliphatic heterocycles. The monoisotopic (exact) mass is 380 g/mol. The predicted molar refractivity (Wildman–Crippen MR) is 112 cm³/mol. The molecule has 0 saturated heterocycles. The second-order valence-corrected chi connectivity index (χ2v) is 8.56. The summed E-state index contributed by atoms with van der Waals surface area (Å²) in [7, 11) is 2.18. The predicted octanol–water partition coefficient (Wildman–Crippen LogP) is 4.00. The number of nitrogens with zero attached hydrogens (tertiary/aromatic N) is 3. The SMILES string of the molecule is CC(C)n1nccc1C1=C(CC2CC2c2cccc([OH2+])c2C=O)CCN(C)C1. The maximum atomic E-state index is 11.5. The van der Waals surface area contributed by atoms with Gasteiger partial charge in [-0.2, -0.15) is 5.10 Å². The second-order valence-electron chi connectivity index (χ2n) is 8.56. The number of benzene rings is 1. The lowest BCUT2D eigenvalue weighted by Gasteiger charge is -2.29. The number of likely N-dealkylation sites (N-methyl/N-ethyl adjacent to an activating group) is 1. The first-order valence-corrected chi connectivity index (χ1v) is 10.2. The van der Waals surface area contributed by atoms with E-state index in [2.05, 4.69) is 41.6 Å². The maximum Gasteiger partial charge on any atom is 0.264 e. The zero-order valence-electron chi connectivity index (χ0n) is 17.0. The van der Waals surface area contributed by atoms with Gasteiger partial charge in [-0.25, -0.2) is 0 Å². The lowest BCUT2D eigenvalue weighted by molar-refractivity contribution is 0.112. The number of aromatic nitrogens is 2. The van der Waals surface area contributed by atoms with E-state index in [9.17, 15) is 4.79 Å². The van der Waals surface area contributed by atoms with Gasteiger partial charge in [-0.1, -0.05) is 17.7 Å². The molecule has 2 unspecified atom stereocenters. The molecule has 0 amide bonds. The van der Waals surface area contributed by atoms with Crippen molar-refractivity contribution >= 4 is 11.9 Å². The highest BCUT2D eigenvalue weighted by Crippen LogP contribution is 2.53. The first kappa shape index (κ1) is 18.9. The van der Waals surface area contributed by atoms with Crippen LogP contribution in [0.4, 0.5) is 0 Å². The van der Waals surface area contributed by atoms with E-state index >= 15 is 0 Å². The van der Waals surface area contributed by atoms with Gasteiger partial charge in [-0.3, -0.25) is 9.48 Å². The van der Waals surface area contributed by atoms with Crippen LogP contribution >= 0.6 is 0 Å². The van der Waals surface area contributed by atoms with Crippen LogP contribution in [0.3, 0.4) is 0 Å². The molecule has 1 fully saturated rings. The van der Waals surface area contributed by atoms with Crippen LogP contribution < -0.4 is 0 Å². The summed E-state index contributed by atoms with van der Waals surface area (Å²) in [5, 5.41) is 12.6. The molecule has 4 rings (SSSR count). The van der Waals surface area contributed by atoms with Crippen molar-refractivity contribution in [2.45, 2.75) is 45.1 Å². The molecule has 0 radical (unpaired) electrons. The van der Waals surface area contributed by atoms with Gasteiger partial charge in [0.05, 0.1) is 5.69 Å². The fourth-order valence-electron chi connectivity index (χ4n) is 4.60. The largest absolute Gasteiger partial charge is 0.593 e. The Morgan fingerprint density at radius 1 is 1.32 bits per heavy atom. The highest BCUT2D eigenvalue weighted by Gasteiger charge is 2.41. The highest BCUT2D eigenvalue weighted by molar-refractivity contribution is 5.82. The third kappa shape index (κ3) is 3.51.